The SMILES string of the molecule is Cc1cc2c(cc1C)N(C)C(=O)CC(C)N2. The second kappa shape index (κ2) is 3.81. The van der Waals surface area contributed by atoms with Crippen molar-refractivity contribution < 1.29 is 4.79 Å². The number of carbonyl (C=O) groups excluding carboxylic acids is 1. The number of nitrogens with zero attached hydrogens (tertiary/aromatic N) is 1. The molecule has 1 aromatic rings. The lowest BCUT2D eigenvalue weighted by Gasteiger charge is -2.18. The standard InChI is InChI=1S/C13H18N2O/c1-8-5-11-12(6-9(8)2)15(4)13(16)7-10(3)14-11/h5-6,10,14H,7H2,1-4H3. The number of carbonyl (C=O) groups is 1. The zero-order valence-electron chi connectivity index (χ0n) is 10.3. The lowest BCUT2D eigenvalue weighted by molar-refractivity contribution is -0.118. The van der Waals surface area contributed by atoms with Crippen LogP contribution >= 0.6 is 0 Å². The minimum Gasteiger partial charge on any atom is -0.380 e. The van der Waals surface area contributed by atoms with Gasteiger partial charge in [0.05, 0.1) is 11.4 Å². The number of hydrogen-bond acceptors (Lipinski definition) is 2. The Bertz CT molecular complexity index is 440. The molecular weight excluding hydrogens is 200 g/mol. The van der Waals surface area contributed by atoms with E-state index in [-0.39, 0.29) is 11.9 Å². The van der Waals surface area contributed by atoms with Crippen LogP contribution in [0.2, 0.25) is 0 Å². The Kier molecular flexibility index (Phi) is 2.62. The molecule has 0 fully saturated rings. The fourth-order valence-electron chi connectivity index (χ4n) is 2.04. The molecule has 0 saturated heterocycles. The minimum atomic E-state index is 0.169. The summed E-state index contributed by atoms with van der Waals surface area (Å²) in [4.78, 5) is 13.6. The summed E-state index contributed by atoms with van der Waals surface area (Å²) in [5, 5.41) is 3.39. The Balaban J connectivity index is 2.55. The number of amides is 1. The van der Waals surface area contributed by atoms with E-state index >= 15 is 0 Å². The summed E-state index contributed by atoms with van der Waals surface area (Å²) >= 11 is 0. The molecule has 0 radical (unpaired) electrons. The summed E-state index contributed by atoms with van der Waals surface area (Å²) in [6.45, 7) is 6.20. The number of hydrogen-bond donors (Lipinski definition) is 1. The van der Waals surface area contributed by atoms with Crippen LogP contribution in [-0.4, -0.2) is 19.0 Å². The number of rotatable bonds is 0. The molecule has 16 heavy (non-hydrogen) atoms. The summed E-state index contributed by atoms with van der Waals surface area (Å²) in [7, 11) is 1.84. The fourth-order valence-corrected chi connectivity index (χ4v) is 2.04. The maximum Gasteiger partial charge on any atom is 0.228 e. The van der Waals surface area contributed by atoms with Gasteiger partial charge in [-0.3, -0.25) is 4.79 Å². The van der Waals surface area contributed by atoms with Crippen LogP contribution in [0.3, 0.4) is 0 Å². The average Bonchev–Trinajstić information content (AvgIpc) is 2.29. The number of aryl methyl sites for hydroxylation is 2. The van der Waals surface area contributed by atoms with Gasteiger partial charge in [-0.25, -0.2) is 0 Å². The van der Waals surface area contributed by atoms with Crippen LogP contribution in [0.15, 0.2) is 12.1 Å². The Morgan fingerprint density at radius 3 is 2.62 bits per heavy atom. The second-order valence-corrected chi connectivity index (χ2v) is 4.66. The molecule has 1 amide bonds. The lowest BCUT2D eigenvalue weighted by atomic mass is 10.1. The molecule has 0 aliphatic carbocycles. The Morgan fingerprint density at radius 1 is 1.31 bits per heavy atom. The summed E-state index contributed by atoms with van der Waals surface area (Å²) in [6.07, 6.45) is 0.545. The molecule has 2 rings (SSSR count). The monoisotopic (exact) mass is 218 g/mol. The highest BCUT2D eigenvalue weighted by Gasteiger charge is 2.22. The molecule has 0 bridgehead atoms. The maximum atomic E-state index is 11.9. The zero-order valence-corrected chi connectivity index (χ0v) is 10.3. The van der Waals surface area contributed by atoms with Gasteiger partial charge in [0.15, 0.2) is 0 Å². The van der Waals surface area contributed by atoms with E-state index in [2.05, 4.69) is 31.3 Å². The quantitative estimate of drug-likeness (QED) is 0.725. The van der Waals surface area contributed by atoms with Crippen molar-refractivity contribution in [2.45, 2.75) is 33.2 Å². The maximum absolute atomic E-state index is 11.9. The van der Waals surface area contributed by atoms with E-state index in [0.29, 0.717) is 6.42 Å². The number of anilines is 2. The third-order valence-electron chi connectivity index (χ3n) is 3.23. The molecule has 86 valence electrons. The van der Waals surface area contributed by atoms with Crippen LogP contribution in [0.25, 0.3) is 0 Å². The summed E-state index contributed by atoms with van der Waals surface area (Å²) in [6, 6.07) is 4.39. The van der Waals surface area contributed by atoms with Crippen molar-refractivity contribution in [3.63, 3.8) is 0 Å². The van der Waals surface area contributed by atoms with E-state index in [9.17, 15) is 4.79 Å². The number of benzene rings is 1. The van der Waals surface area contributed by atoms with Gasteiger partial charge in [-0.05, 0) is 44.0 Å². The van der Waals surface area contributed by atoms with Gasteiger partial charge >= 0.3 is 0 Å². The molecule has 1 aromatic carbocycles. The fraction of sp³-hybridized carbons (Fsp3) is 0.462. The average molecular weight is 218 g/mol. The van der Waals surface area contributed by atoms with Crippen molar-refractivity contribution in [2.75, 3.05) is 17.3 Å². The largest absolute Gasteiger partial charge is 0.380 e. The van der Waals surface area contributed by atoms with Crippen LogP contribution in [0.5, 0.6) is 0 Å². The first-order valence-corrected chi connectivity index (χ1v) is 5.63. The normalized spacial score (nSPS) is 20.1. The molecule has 1 aliphatic heterocycles. The highest BCUT2D eigenvalue weighted by molar-refractivity contribution is 5.98. The Labute approximate surface area is 96.5 Å². The van der Waals surface area contributed by atoms with Crippen LogP contribution < -0.4 is 10.2 Å². The molecule has 0 spiro atoms. The van der Waals surface area contributed by atoms with Gasteiger partial charge in [0.25, 0.3) is 0 Å². The van der Waals surface area contributed by atoms with Gasteiger partial charge in [0.2, 0.25) is 5.91 Å². The molecule has 1 aliphatic rings. The van der Waals surface area contributed by atoms with Gasteiger partial charge in [0, 0.05) is 19.5 Å². The molecule has 1 atom stereocenters. The summed E-state index contributed by atoms with van der Waals surface area (Å²) in [5.74, 6) is 0.169. The van der Waals surface area contributed by atoms with Gasteiger partial charge in [-0.15, -0.1) is 0 Å². The van der Waals surface area contributed by atoms with E-state index in [1.165, 1.54) is 11.1 Å². The summed E-state index contributed by atoms with van der Waals surface area (Å²) in [5.41, 5.74) is 4.51. The van der Waals surface area contributed by atoms with Crippen LogP contribution in [0.1, 0.15) is 24.5 Å². The molecule has 1 N–H and O–H groups in total. The third kappa shape index (κ3) is 1.77. The van der Waals surface area contributed by atoms with Crippen molar-refractivity contribution >= 4 is 17.3 Å². The van der Waals surface area contributed by atoms with E-state index in [4.69, 9.17) is 0 Å². The number of fused-ring (bicyclic) bond motifs is 1. The molecular formula is C13H18N2O. The highest BCUT2D eigenvalue weighted by Crippen LogP contribution is 2.32. The van der Waals surface area contributed by atoms with Crippen molar-refractivity contribution in [3.8, 4) is 0 Å². The first kappa shape index (κ1) is 11.0. The van der Waals surface area contributed by atoms with Crippen LogP contribution in [0.4, 0.5) is 11.4 Å². The predicted octanol–water partition coefficient (Wildman–Crippen LogP) is 2.47. The first-order chi connectivity index (χ1) is 7.49. The van der Waals surface area contributed by atoms with Gasteiger partial charge in [0.1, 0.15) is 0 Å². The van der Waals surface area contributed by atoms with Crippen molar-refractivity contribution in [1.29, 1.82) is 0 Å². The lowest BCUT2D eigenvalue weighted by Crippen LogP contribution is -2.27. The summed E-state index contributed by atoms with van der Waals surface area (Å²) < 4.78 is 0. The van der Waals surface area contributed by atoms with Crippen LogP contribution in [0, 0.1) is 13.8 Å². The smallest absolute Gasteiger partial charge is 0.228 e. The Hall–Kier alpha value is -1.51. The molecule has 0 saturated carbocycles. The minimum absolute atomic E-state index is 0.169. The first-order valence-electron chi connectivity index (χ1n) is 5.63. The van der Waals surface area contributed by atoms with E-state index < -0.39 is 0 Å². The molecule has 3 heteroatoms. The number of nitrogens with one attached hydrogen (secondary N) is 1. The van der Waals surface area contributed by atoms with Gasteiger partial charge < -0.3 is 10.2 Å². The van der Waals surface area contributed by atoms with Gasteiger partial charge in [-0.1, -0.05) is 0 Å². The van der Waals surface area contributed by atoms with Gasteiger partial charge in [-0.2, -0.15) is 0 Å². The van der Waals surface area contributed by atoms with Crippen LogP contribution in [-0.2, 0) is 4.79 Å². The van der Waals surface area contributed by atoms with Crippen molar-refractivity contribution in [3.05, 3.63) is 23.3 Å². The predicted molar refractivity (Wildman–Crippen MR) is 67.0 cm³/mol. The highest BCUT2D eigenvalue weighted by atomic mass is 16.2. The second-order valence-electron chi connectivity index (χ2n) is 4.66. The van der Waals surface area contributed by atoms with Crippen molar-refractivity contribution in [1.82, 2.24) is 0 Å². The van der Waals surface area contributed by atoms with E-state index in [0.717, 1.165) is 11.4 Å². The van der Waals surface area contributed by atoms with Crippen molar-refractivity contribution in [2.24, 2.45) is 0 Å². The Morgan fingerprint density at radius 2 is 1.94 bits per heavy atom. The molecule has 1 heterocycles. The van der Waals surface area contributed by atoms with E-state index in [1.807, 2.05) is 14.0 Å². The zero-order chi connectivity index (χ0) is 11.9. The third-order valence-corrected chi connectivity index (χ3v) is 3.23. The molecule has 3 nitrogen and oxygen atoms in total. The topological polar surface area (TPSA) is 32.3 Å². The molecule has 1 unspecified atom stereocenters. The molecule has 0 aromatic heterocycles. The van der Waals surface area contributed by atoms with E-state index in [1.54, 1.807) is 4.90 Å².